The number of esters is 1. The lowest BCUT2D eigenvalue weighted by Gasteiger charge is -2.24. The lowest BCUT2D eigenvalue weighted by atomic mass is 10.0. The van der Waals surface area contributed by atoms with Crippen molar-refractivity contribution in [3.05, 3.63) is 109 Å². The molecule has 3 unspecified atom stereocenters. The zero-order valence-electron chi connectivity index (χ0n) is 40.0. The lowest BCUT2D eigenvalue weighted by Crippen LogP contribution is -2.46. The molecule has 0 aliphatic heterocycles. The van der Waals surface area contributed by atoms with Crippen LogP contribution < -0.4 is 5.32 Å². The van der Waals surface area contributed by atoms with Gasteiger partial charge in [0.2, 0.25) is 5.91 Å². The van der Waals surface area contributed by atoms with Gasteiger partial charge in [-0.2, -0.15) is 0 Å². The van der Waals surface area contributed by atoms with Crippen LogP contribution in [0.4, 0.5) is 0 Å². The first-order valence-electron chi connectivity index (χ1n) is 25.1. The zero-order valence-corrected chi connectivity index (χ0v) is 40.0. The van der Waals surface area contributed by atoms with Crippen LogP contribution in [0.25, 0.3) is 0 Å². The molecule has 62 heavy (non-hydrogen) atoms. The Balaban J connectivity index is 4.79. The van der Waals surface area contributed by atoms with Crippen molar-refractivity contribution in [2.45, 2.75) is 225 Å². The molecule has 0 aromatic carbocycles. The maximum absolute atomic E-state index is 13.1. The fourth-order valence-corrected chi connectivity index (χ4v) is 6.79. The van der Waals surface area contributed by atoms with Gasteiger partial charge in [-0.05, 0) is 89.9 Å². The first-order chi connectivity index (χ1) is 30.5. The number of rotatable bonds is 43. The Kier molecular flexibility index (Phi) is 45.8. The summed E-state index contributed by atoms with van der Waals surface area (Å²) in [6, 6.07) is -0.743. The molecule has 0 rings (SSSR count). The van der Waals surface area contributed by atoms with E-state index in [9.17, 15) is 19.8 Å². The molecule has 0 bridgehead atoms. The van der Waals surface area contributed by atoms with Crippen LogP contribution in [0.1, 0.15) is 207 Å². The van der Waals surface area contributed by atoms with E-state index in [2.05, 4.69) is 123 Å². The van der Waals surface area contributed by atoms with Gasteiger partial charge in [-0.15, -0.1) is 0 Å². The summed E-state index contributed by atoms with van der Waals surface area (Å²) in [5.74, 6) is -0.626. The number of carbonyl (C=O) groups excluding carboxylic acids is 2. The molecule has 6 nitrogen and oxygen atoms in total. The van der Waals surface area contributed by atoms with Gasteiger partial charge in [0.25, 0.3) is 0 Å². The summed E-state index contributed by atoms with van der Waals surface area (Å²) < 4.78 is 5.85. The number of carbonyl (C=O) groups is 2. The average molecular weight is 860 g/mol. The first-order valence-corrected chi connectivity index (χ1v) is 25.1. The SMILES string of the molecule is CC/C=C\C/C=C\C/C=C\C/C=C\C/C=C\CCCCCC(=O)OC(C/C=C\C/C=C\C/C=C\C/C=C\CCCCC)CC(=O)NC(CO)C(O)CCCCCCCCCCC. The van der Waals surface area contributed by atoms with Gasteiger partial charge in [0.15, 0.2) is 0 Å². The Labute approximate surface area is 381 Å². The molecular formula is C56H93NO5. The Hall–Kier alpha value is -3.48. The Bertz CT molecular complexity index is 1280. The first kappa shape index (κ1) is 58.5. The van der Waals surface area contributed by atoms with Crippen molar-refractivity contribution >= 4 is 11.9 Å². The summed E-state index contributed by atoms with van der Waals surface area (Å²) in [4.78, 5) is 26.1. The van der Waals surface area contributed by atoms with E-state index in [0.29, 0.717) is 19.3 Å². The predicted octanol–water partition coefficient (Wildman–Crippen LogP) is 15.1. The van der Waals surface area contributed by atoms with Crippen LogP contribution >= 0.6 is 0 Å². The summed E-state index contributed by atoms with van der Waals surface area (Å²) in [6.07, 6.45) is 65.9. The molecule has 1 amide bonds. The minimum atomic E-state index is -0.822. The molecule has 0 heterocycles. The highest BCUT2D eigenvalue weighted by molar-refractivity contribution is 5.77. The summed E-state index contributed by atoms with van der Waals surface area (Å²) >= 11 is 0. The van der Waals surface area contributed by atoms with Gasteiger partial charge in [0.1, 0.15) is 6.10 Å². The van der Waals surface area contributed by atoms with Crippen LogP contribution in [0.15, 0.2) is 109 Å². The number of hydrogen-bond donors (Lipinski definition) is 3. The Morgan fingerprint density at radius 1 is 0.500 bits per heavy atom. The van der Waals surface area contributed by atoms with Crippen LogP contribution in [-0.2, 0) is 14.3 Å². The van der Waals surface area contributed by atoms with E-state index < -0.39 is 18.2 Å². The Morgan fingerprint density at radius 2 is 0.903 bits per heavy atom. The summed E-state index contributed by atoms with van der Waals surface area (Å²) in [7, 11) is 0. The van der Waals surface area contributed by atoms with Crippen molar-refractivity contribution < 1.29 is 24.5 Å². The number of aliphatic hydroxyl groups excluding tert-OH is 2. The molecular weight excluding hydrogens is 767 g/mol. The van der Waals surface area contributed by atoms with Gasteiger partial charge in [-0.1, -0.05) is 207 Å². The number of ether oxygens (including phenoxy) is 1. The summed E-state index contributed by atoms with van der Waals surface area (Å²) in [5.41, 5.74) is 0. The third kappa shape index (κ3) is 43.2. The molecule has 0 aliphatic carbocycles. The minimum Gasteiger partial charge on any atom is -0.461 e. The van der Waals surface area contributed by atoms with Crippen LogP contribution in [-0.4, -0.2) is 46.9 Å². The fraction of sp³-hybridized carbons (Fsp3) is 0.643. The molecule has 3 atom stereocenters. The molecule has 0 fully saturated rings. The quantitative estimate of drug-likeness (QED) is 0.0322. The van der Waals surface area contributed by atoms with E-state index in [-0.39, 0.29) is 24.9 Å². The highest BCUT2D eigenvalue weighted by atomic mass is 16.5. The van der Waals surface area contributed by atoms with Gasteiger partial charge >= 0.3 is 5.97 Å². The molecule has 0 aromatic heterocycles. The number of amides is 1. The van der Waals surface area contributed by atoms with Crippen molar-refractivity contribution in [3.63, 3.8) is 0 Å². The third-order valence-corrected chi connectivity index (χ3v) is 10.6. The maximum atomic E-state index is 13.1. The molecule has 3 N–H and O–H groups in total. The van der Waals surface area contributed by atoms with Crippen LogP contribution in [0.2, 0.25) is 0 Å². The largest absolute Gasteiger partial charge is 0.461 e. The van der Waals surface area contributed by atoms with Crippen LogP contribution in [0.3, 0.4) is 0 Å². The van der Waals surface area contributed by atoms with Crippen molar-refractivity contribution in [1.29, 1.82) is 0 Å². The fourth-order valence-electron chi connectivity index (χ4n) is 6.79. The normalized spacial score (nSPS) is 14.2. The van der Waals surface area contributed by atoms with E-state index >= 15 is 0 Å². The minimum absolute atomic E-state index is 0.0188. The molecule has 0 aliphatic rings. The standard InChI is InChI=1S/C56H93NO5/c1-4-7-10-13-16-19-21-23-25-26-27-28-30-32-34-37-40-43-46-49-56(61)62-52(47-44-41-38-36-33-31-29-24-22-20-17-14-11-8-5-2)50-55(60)57-53(51-58)54(59)48-45-42-39-35-18-15-12-9-6-3/h7,10,16-17,19-20,23-25,27-29,32-34,36,41,44,52-54,58-59H,4-6,8-9,11-15,18,21-22,26,30-31,35,37-40,42-43,45-51H2,1-3H3,(H,57,60)/b10-7-,19-16-,20-17-,25-23-,28-27-,29-24-,34-32-,36-33-,44-41-. The van der Waals surface area contributed by atoms with Gasteiger partial charge in [-0.3, -0.25) is 9.59 Å². The topological polar surface area (TPSA) is 95.9 Å². The van der Waals surface area contributed by atoms with Crippen molar-refractivity contribution in [3.8, 4) is 0 Å². The van der Waals surface area contributed by atoms with E-state index in [4.69, 9.17) is 4.74 Å². The van der Waals surface area contributed by atoms with Gasteiger partial charge in [0, 0.05) is 12.8 Å². The molecule has 0 radical (unpaired) electrons. The number of unbranched alkanes of at least 4 members (excludes halogenated alkanes) is 14. The number of hydrogen-bond acceptors (Lipinski definition) is 5. The van der Waals surface area contributed by atoms with E-state index in [1.165, 1.54) is 57.8 Å². The monoisotopic (exact) mass is 860 g/mol. The highest BCUT2D eigenvalue weighted by Crippen LogP contribution is 2.15. The Morgan fingerprint density at radius 3 is 1.39 bits per heavy atom. The molecule has 352 valence electrons. The highest BCUT2D eigenvalue weighted by Gasteiger charge is 2.23. The van der Waals surface area contributed by atoms with E-state index in [1.807, 2.05) is 12.2 Å². The van der Waals surface area contributed by atoms with Gasteiger partial charge in [-0.25, -0.2) is 0 Å². The van der Waals surface area contributed by atoms with Gasteiger partial charge < -0.3 is 20.3 Å². The zero-order chi connectivity index (χ0) is 45.2. The van der Waals surface area contributed by atoms with Crippen molar-refractivity contribution in [2.75, 3.05) is 6.61 Å². The second-order valence-electron chi connectivity index (χ2n) is 16.5. The molecule has 0 spiro atoms. The molecule has 6 heteroatoms. The molecule has 0 aromatic rings. The number of allylic oxidation sites excluding steroid dienone is 17. The van der Waals surface area contributed by atoms with Crippen LogP contribution in [0, 0.1) is 0 Å². The van der Waals surface area contributed by atoms with Crippen molar-refractivity contribution in [1.82, 2.24) is 5.32 Å². The second kappa shape index (κ2) is 48.6. The lowest BCUT2D eigenvalue weighted by molar-refractivity contribution is -0.150. The summed E-state index contributed by atoms with van der Waals surface area (Å²) in [6.45, 7) is 6.27. The molecule has 0 saturated carbocycles. The smallest absolute Gasteiger partial charge is 0.306 e. The van der Waals surface area contributed by atoms with Gasteiger partial charge in [0.05, 0.1) is 25.2 Å². The predicted molar refractivity (Wildman–Crippen MR) is 268 cm³/mol. The third-order valence-electron chi connectivity index (χ3n) is 10.6. The van der Waals surface area contributed by atoms with E-state index in [1.54, 1.807) is 0 Å². The van der Waals surface area contributed by atoms with E-state index in [0.717, 1.165) is 103 Å². The summed E-state index contributed by atoms with van der Waals surface area (Å²) in [5, 5.41) is 23.6. The number of aliphatic hydroxyl groups is 2. The van der Waals surface area contributed by atoms with Crippen LogP contribution in [0.5, 0.6) is 0 Å². The average Bonchev–Trinajstić information content (AvgIpc) is 3.26. The van der Waals surface area contributed by atoms with Crippen molar-refractivity contribution in [2.24, 2.45) is 0 Å². The maximum Gasteiger partial charge on any atom is 0.306 e. The molecule has 0 saturated heterocycles. The second-order valence-corrected chi connectivity index (χ2v) is 16.5. The number of nitrogens with one attached hydrogen (secondary N) is 1.